The van der Waals surface area contributed by atoms with Gasteiger partial charge in [-0.1, -0.05) is 23.7 Å². The maximum Gasteiger partial charge on any atom is 0.255 e. The molecule has 3 heterocycles. The Bertz CT molecular complexity index is 1280. The molecule has 5 rings (SSSR count). The molecule has 0 saturated carbocycles. The number of anilines is 1. The van der Waals surface area contributed by atoms with Crippen molar-refractivity contribution in [3.8, 4) is 0 Å². The van der Waals surface area contributed by atoms with Gasteiger partial charge in [-0.25, -0.2) is 0 Å². The number of benzene rings is 2. The summed E-state index contributed by atoms with van der Waals surface area (Å²) in [6.07, 6.45) is 1.31. The third-order valence-corrected chi connectivity index (χ3v) is 7.82. The summed E-state index contributed by atoms with van der Waals surface area (Å²) in [6.45, 7) is 6.31. The summed E-state index contributed by atoms with van der Waals surface area (Å²) in [6, 6.07) is 10.5. The van der Waals surface area contributed by atoms with Crippen LogP contribution in [0.1, 0.15) is 46.8 Å². The van der Waals surface area contributed by atoms with Crippen molar-refractivity contribution in [1.82, 2.24) is 15.1 Å². The first kappa shape index (κ1) is 26.3. The van der Waals surface area contributed by atoms with Gasteiger partial charge in [0.1, 0.15) is 6.04 Å². The number of ether oxygens (including phenoxy) is 1. The van der Waals surface area contributed by atoms with E-state index in [0.29, 0.717) is 30.1 Å². The first-order valence-electron chi connectivity index (χ1n) is 12.9. The van der Waals surface area contributed by atoms with E-state index in [2.05, 4.69) is 10.2 Å². The largest absolute Gasteiger partial charge is 0.379 e. The zero-order valence-corrected chi connectivity index (χ0v) is 22.1. The second kappa shape index (κ2) is 11.2. The summed E-state index contributed by atoms with van der Waals surface area (Å²) in [5.74, 6) is -1.06. The minimum Gasteiger partial charge on any atom is -0.379 e. The number of morpholine rings is 1. The molecule has 2 aromatic rings. The molecule has 1 atom stereocenters. The van der Waals surface area contributed by atoms with Gasteiger partial charge in [-0.05, 0) is 53.8 Å². The predicted octanol–water partition coefficient (Wildman–Crippen LogP) is 2.53. The molecule has 1 unspecified atom stereocenters. The summed E-state index contributed by atoms with van der Waals surface area (Å²) in [7, 11) is 0. The Kier molecular flexibility index (Phi) is 7.78. The molecule has 0 bridgehead atoms. The molecule has 2 aromatic carbocycles. The summed E-state index contributed by atoms with van der Waals surface area (Å²) in [5.41, 5.74) is 3.98. The van der Waals surface area contributed by atoms with Crippen LogP contribution in [0.25, 0.3) is 0 Å². The van der Waals surface area contributed by atoms with E-state index >= 15 is 0 Å². The SMILES string of the molecule is CC(=O)N(Cc1ccc2c(c1)CN(C1CCC(=O)NC1=O)C2=O)c1ccc(Cl)c(CCN2CCOCC2)c1. The van der Waals surface area contributed by atoms with Crippen LogP contribution in [0.5, 0.6) is 0 Å². The Morgan fingerprint density at radius 1 is 1.13 bits per heavy atom. The Balaban J connectivity index is 1.30. The van der Waals surface area contributed by atoms with Crippen molar-refractivity contribution in [1.29, 1.82) is 0 Å². The number of nitrogens with one attached hydrogen (secondary N) is 1. The van der Waals surface area contributed by atoms with E-state index in [1.54, 1.807) is 11.0 Å². The van der Waals surface area contributed by atoms with Crippen molar-refractivity contribution in [3.05, 3.63) is 63.7 Å². The van der Waals surface area contributed by atoms with Gasteiger partial charge in [0.05, 0.1) is 19.8 Å². The molecule has 4 amide bonds. The molecule has 200 valence electrons. The lowest BCUT2D eigenvalue weighted by Crippen LogP contribution is -2.52. The van der Waals surface area contributed by atoms with E-state index in [9.17, 15) is 19.2 Å². The van der Waals surface area contributed by atoms with Gasteiger partial charge in [0.25, 0.3) is 5.91 Å². The molecule has 3 aliphatic heterocycles. The average Bonchev–Trinajstić information content (AvgIpc) is 3.22. The maximum absolute atomic E-state index is 13.0. The van der Waals surface area contributed by atoms with Gasteiger partial charge in [0, 0.05) is 55.8 Å². The van der Waals surface area contributed by atoms with Crippen LogP contribution in [0, 0.1) is 0 Å². The second-order valence-electron chi connectivity index (χ2n) is 9.98. The maximum atomic E-state index is 13.0. The van der Waals surface area contributed by atoms with Crippen molar-refractivity contribution in [2.45, 2.75) is 45.3 Å². The van der Waals surface area contributed by atoms with Crippen LogP contribution in [0.2, 0.25) is 5.02 Å². The summed E-state index contributed by atoms with van der Waals surface area (Å²) in [4.78, 5) is 55.1. The fraction of sp³-hybridized carbons (Fsp3) is 0.429. The van der Waals surface area contributed by atoms with E-state index in [4.69, 9.17) is 16.3 Å². The van der Waals surface area contributed by atoms with Crippen molar-refractivity contribution in [2.75, 3.05) is 37.7 Å². The highest BCUT2D eigenvalue weighted by Gasteiger charge is 2.39. The molecule has 9 nitrogen and oxygen atoms in total. The number of amides is 4. The van der Waals surface area contributed by atoms with Crippen LogP contribution in [0.3, 0.4) is 0 Å². The second-order valence-corrected chi connectivity index (χ2v) is 10.4. The predicted molar refractivity (Wildman–Crippen MR) is 142 cm³/mol. The van der Waals surface area contributed by atoms with Crippen molar-refractivity contribution < 1.29 is 23.9 Å². The molecule has 0 aromatic heterocycles. The fourth-order valence-electron chi connectivity index (χ4n) is 5.32. The Hall–Kier alpha value is -3.27. The van der Waals surface area contributed by atoms with Gasteiger partial charge < -0.3 is 14.5 Å². The topological polar surface area (TPSA) is 99.3 Å². The Labute approximate surface area is 226 Å². The normalized spacial score (nSPS) is 19.9. The summed E-state index contributed by atoms with van der Waals surface area (Å²) >= 11 is 6.50. The summed E-state index contributed by atoms with van der Waals surface area (Å²) in [5, 5.41) is 3.00. The lowest BCUT2D eigenvalue weighted by Gasteiger charge is -2.29. The molecule has 3 aliphatic rings. The molecule has 2 saturated heterocycles. The highest BCUT2D eigenvalue weighted by Crippen LogP contribution is 2.30. The van der Waals surface area contributed by atoms with Crippen molar-refractivity contribution in [3.63, 3.8) is 0 Å². The van der Waals surface area contributed by atoms with Crippen LogP contribution in [0.15, 0.2) is 36.4 Å². The van der Waals surface area contributed by atoms with E-state index in [1.807, 2.05) is 30.3 Å². The molecule has 10 heteroatoms. The van der Waals surface area contributed by atoms with Crippen molar-refractivity contribution in [2.24, 2.45) is 0 Å². The average molecular weight is 539 g/mol. The monoisotopic (exact) mass is 538 g/mol. The first-order valence-corrected chi connectivity index (χ1v) is 13.3. The molecule has 38 heavy (non-hydrogen) atoms. The van der Waals surface area contributed by atoms with Crippen molar-refractivity contribution >= 4 is 40.9 Å². The van der Waals surface area contributed by atoms with Crippen LogP contribution >= 0.6 is 11.6 Å². The molecule has 1 N–H and O–H groups in total. The highest BCUT2D eigenvalue weighted by molar-refractivity contribution is 6.31. The minimum absolute atomic E-state index is 0.104. The number of carbonyl (C=O) groups is 4. The van der Waals surface area contributed by atoms with Gasteiger partial charge in [-0.2, -0.15) is 0 Å². The van der Waals surface area contributed by atoms with Gasteiger partial charge in [-0.3, -0.25) is 29.4 Å². The highest BCUT2D eigenvalue weighted by atomic mass is 35.5. The number of fused-ring (bicyclic) bond motifs is 1. The number of imide groups is 1. The number of hydrogen-bond acceptors (Lipinski definition) is 6. The molecule has 0 spiro atoms. The first-order chi connectivity index (χ1) is 18.3. The van der Waals surface area contributed by atoms with E-state index < -0.39 is 11.9 Å². The minimum atomic E-state index is -0.658. The van der Waals surface area contributed by atoms with Gasteiger partial charge in [0.15, 0.2) is 0 Å². The number of rotatable bonds is 7. The molecular formula is C28H31ClN4O5. The van der Waals surface area contributed by atoms with E-state index in [1.165, 1.54) is 11.8 Å². The van der Waals surface area contributed by atoms with E-state index in [0.717, 1.165) is 61.6 Å². The zero-order chi connectivity index (χ0) is 26.8. The third kappa shape index (κ3) is 5.60. The summed E-state index contributed by atoms with van der Waals surface area (Å²) < 4.78 is 5.42. The lowest BCUT2D eigenvalue weighted by molar-refractivity contribution is -0.137. The van der Waals surface area contributed by atoms with Gasteiger partial charge in [0.2, 0.25) is 17.7 Å². The molecule has 0 radical (unpaired) electrons. The molecule has 2 fully saturated rings. The third-order valence-electron chi connectivity index (χ3n) is 7.45. The quantitative estimate of drug-likeness (QED) is 0.544. The van der Waals surface area contributed by atoms with Crippen LogP contribution in [-0.4, -0.2) is 72.3 Å². The Morgan fingerprint density at radius 2 is 1.92 bits per heavy atom. The van der Waals surface area contributed by atoms with Gasteiger partial charge >= 0.3 is 0 Å². The van der Waals surface area contributed by atoms with Crippen LogP contribution in [0.4, 0.5) is 5.69 Å². The van der Waals surface area contributed by atoms with E-state index in [-0.39, 0.29) is 24.1 Å². The number of carbonyl (C=O) groups excluding carboxylic acids is 4. The number of halogens is 1. The lowest BCUT2D eigenvalue weighted by atomic mass is 10.0. The molecule has 0 aliphatic carbocycles. The number of piperidine rings is 1. The molecular weight excluding hydrogens is 508 g/mol. The smallest absolute Gasteiger partial charge is 0.255 e. The number of hydrogen-bond donors (Lipinski definition) is 1. The van der Waals surface area contributed by atoms with Crippen LogP contribution in [-0.2, 0) is 38.6 Å². The fourth-order valence-corrected chi connectivity index (χ4v) is 5.53. The van der Waals surface area contributed by atoms with Gasteiger partial charge in [-0.15, -0.1) is 0 Å². The Morgan fingerprint density at radius 3 is 2.66 bits per heavy atom. The number of nitrogens with zero attached hydrogens (tertiary/aromatic N) is 3. The zero-order valence-electron chi connectivity index (χ0n) is 21.4. The van der Waals surface area contributed by atoms with Crippen LogP contribution < -0.4 is 10.2 Å². The standard InChI is InChI=1S/C28H31ClN4O5/c1-18(34)32(22-3-5-24(29)20(15-22)8-9-31-10-12-38-13-11-31)16-19-2-4-23-21(14-19)17-33(28(23)37)25-6-7-26(35)30-27(25)36/h2-5,14-15,25H,6-13,16-17H2,1H3,(H,30,35,36).